The van der Waals surface area contributed by atoms with Gasteiger partial charge in [0.1, 0.15) is 6.33 Å². The fourth-order valence-corrected chi connectivity index (χ4v) is 1.81. The minimum Gasteiger partial charge on any atom is -0.290 e. The van der Waals surface area contributed by atoms with Gasteiger partial charge in [-0.2, -0.15) is 10.1 Å². The highest BCUT2D eigenvalue weighted by molar-refractivity contribution is 7.18. The predicted molar refractivity (Wildman–Crippen MR) is 53.7 cm³/mol. The van der Waals surface area contributed by atoms with E-state index in [1.54, 1.807) is 12.1 Å². The lowest BCUT2D eigenvalue weighted by Crippen LogP contribution is -2.11. The van der Waals surface area contributed by atoms with Crippen molar-refractivity contribution in [3.8, 4) is 0 Å². The average Bonchev–Trinajstić information content (AvgIpc) is 2.75. The van der Waals surface area contributed by atoms with E-state index >= 15 is 0 Å². The van der Waals surface area contributed by atoms with Gasteiger partial charge in [-0.05, 0) is 12.1 Å². The maximum absolute atomic E-state index is 11.5. The Morgan fingerprint density at radius 2 is 2.43 bits per heavy atom. The lowest BCUT2D eigenvalue weighted by atomic mass is 10.4. The average molecular weight is 229 g/mol. The number of anilines is 1. The SMILES string of the molecule is O=C(Nc1ncn[nH]1)c1ccc(Cl)s1. The molecule has 0 saturated heterocycles. The Labute approximate surface area is 88.1 Å². The van der Waals surface area contributed by atoms with Gasteiger partial charge in [-0.3, -0.25) is 10.1 Å². The van der Waals surface area contributed by atoms with Gasteiger partial charge >= 0.3 is 0 Å². The summed E-state index contributed by atoms with van der Waals surface area (Å²) in [4.78, 5) is 15.8. The molecule has 0 fully saturated rings. The van der Waals surface area contributed by atoms with E-state index in [-0.39, 0.29) is 5.91 Å². The van der Waals surface area contributed by atoms with Crippen LogP contribution in [-0.2, 0) is 0 Å². The summed E-state index contributed by atoms with van der Waals surface area (Å²) in [5.74, 6) is 0.0678. The van der Waals surface area contributed by atoms with Crippen molar-refractivity contribution in [1.82, 2.24) is 15.2 Å². The molecule has 0 aliphatic rings. The molecule has 1 amide bonds. The number of aromatic amines is 1. The molecule has 5 nitrogen and oxygen atoms in total. The summed E-state index contributed by atoms with van der Waals surface area (Å²) in [6.45, 7) is 0. The molecule has 2 rings (SSSR count). The zero-order valence-corrected chi connectivity index (χ0v) is 8.39. The van der Waals surface area contributed by atoms with E-state index in [0.29, 0.717) is 15.2 Å². The Kier molecular flexibility index (Phi) is 2.47. The molecule has 0 radical (unpaired) electrons. The van der Waals surface area contributed by atoms with E-state index in [1.807, 2.05) is 0 Å². The second-order valence-corrected chi connectivity index (χ2v) is 4.11. The van der Waals surface area contributed by atoms with Crippen molar-refractivity contribution in [2.45, 2.75) is 0 Å². The van der Waals surface area contributed by atoms with E-state index in [0.717, 1.165) is 0 Å². The number of carbonyl (C=O) groups excluding carboxylic acids is 1. The third-order valence-electron chi connectivity index (χ3n) is 1.44. The third-order valence-corrected chi connectivity index (χ3v) is 2.67. The number of hydrogen-bond acceptors (Lipinski definition) is 4. The maximum atomic E-state index is 11.5. The molecule has 0 aromatic carbocycles. The van der Waals surface area contributed by atoms with Crippen LogP contribution >= 0.6 is 22.9 Å². The first-order valence-electron chi connectivity index (χ1n) is 3.68. The predicted octanol–water partition coefficient (Wildman–Crippen LogP) is 1.77. The number of hydrogen-bond donors (Lipinski definition) is 2. The summed E-state index contributed by atoms with van der Waals surface area (Å²) < 4.78 is 0.577. The van der Waals surface area contributed by atoms with Crippen LogP contribution in [0.5, 0.6) is 0 Å². The van der Waals surface area contributed by atoms with Gasteiger partial charge < -0.3 is 0 Å². The minimum absolute atomic E-state index is 0.251. The number of halogens is 1. The molecular formula is C7H5ClN4OS. The Morgan fingerprint density at radius 1 is 1.57 bits per heavy atom. The standard InChI is InChI=1S/C7H5ClN4OS/c8-5-2-1-4(14-5)6(13)11-7-9-3-10-12-7/h1-3H,(H2,9,10,11,12,13). The molecule has 2 aromatic heterocycles. The number of rotatable bonds is 2. The zero-order valence-electron chi connectivity index (χ0n) is 6.82. The molecular weight excluding hydrogens is 224 g/mol. The summed E-state index contributed by atoms with van der Waals surface area (Å²) in [7, 11) is 0. The fourth-order valence-electron chi connectivity index (χ4n) is 0.871. The van der Waals surface area contributed by atoms with Crippen LogP contribution in [0, 0.1) is 0 Å². The third kappa shape index (κ3) is 1.91. The molecule has 2 heterocycles. The number of H-pyrrole nitrogens is 1. The van der Waals surface area contributed by atoms with Crippen LogP contribution in [0.15, 0.2) is 18.5 Å². The number of aromatic nitrogens is 3. The summed E-state index contributed by atoms with van der Waals surface area (Å²) in [6.07, 6.45) is 1.32. The lowest BCUT2D eigenvalue weighted by molar-refractivity contribution is 0.102. The summed E-state index contributed by atoms with van der Waals surface area (Å²) in [5, 5.41) is 8.66. The topological polar surface area (TPSA) is 70.7 Å². The van der Waals surface area contributed by atoms with Crippen molar-refractivity contribution in [2.75, 3.05) is 5.32 Å². The molecule has 0 atom stereocenters. The van der Waals surface area contributed by atoms with E-state index < -0.39 is 0 Å². The second-order valence-electron chi connectivity index (χ2n) is 2.39. The number of thiophene rings is 1. The van der Waals surface area contributed by atoms with Crippen molar-refractivity contribution in [3.05, 3.63) is 27.7 Å². The van der Waals surface area contributed by atoms with Gasteiger partial charge in [-0.15, -0.1) is 11.3 Å². The first kappa shape index (κ1) is 9.17. The zero-order chi connectivity index (χ0) is 9.97. The lowest BCUT2D eigenvalue weighted by Gasteiger charge is -1.96. The highest BCUT2D eigenvalue weighted by Gasteiger charge is 2.09. The quantitative estimate of drug-likeness (QED) is 0.823. The molecule has 14 heavy (non-hydrogen) atoms. The molecule has 0 unspecified atom stereocenters. The summed E-state index contributed by atoms with van der Waals surface area (Å²) >= 11 is 6.90. The first-order chi connectivity index (χ1) is 6.75. The Balaban J connectivity index is 2.10. The Morgan fingerprint density at radius 3 is 3.00 bits per heavy atom. The van der Waals surface area contributed by atoms with Crippen molar-refractivity contribution in [3.63, 3.8) is 0 Å². The van der Waals surface area contributed by atoms with Crippen LogP contribution in [0.3, 0.4) is 0 Å². The maximum Gasteiger partial charge on any atom is 0.268 e. The van der Waals surface area contributed by atoms with Crippen molar-refractivity contribution < 1.29 is 4.79 Å². The van der Waals surface area contributed by atoms with Gasteiger partial charge in [0.2, 0.25) is 5.95 Å². The highest BCUT2D eigenvalue weighted by Crippen LogP contribution is 2.21. The van der Waals surface area contributed by atoms with Crippen LogP contribution in [0.25, 0.3) is 0 Å². The largest absolute Gasteiger partial charge is 0.290 e. The van der Waals surface area contributed by atoms with E-state index in [9.17, 15) is 4.79 Å². The van der Waals surface area contributed by atoms with Crippen molar-refractivity contribution in [1.29, 1.82) is 0 Å². The Hall–Kier alpha value is -1.40. The number of carbonyl (C=O) groups is 1. The Bertz CT molecular complexity index is 438. The van der Waals surface area contributed by atoms with Gasteiger partial charge in [0.25, 0.3) is 5.91 Å². The van der Waals surface area contributed by atoms with E-state index in [1.165, 1.54) is 17.7 Å². The minimum atomic E-state index is -0.251. The van der Waals surface area contributed by atoms with Gasteiger partial charge in [-0.25, -0.2) is 5.10 Å². The molecule has 0 saturated carbocycles. The molecule has 2 aromatic rings. The monoisotopic (exact) mass is 228 g/mol. The van der Waals surface area contributed by atoms with E-state index in [2.05, 4.69) is 20.5 Å². The molecule has 0 bridgehead atoms. The van der Waals surface area contributed by atoms with Crippen LogP contribution < -0.4 is 5.32 Å². The van der Waals surface area contributed by atoms with Crippen molar-refractivity contribution in [2.24, 2.45) is 0 Å². The molecule has 0 aliphatic heterocycles. The molecule has 7 heteroatoms. The van der Waals surface area contributed by atoms with Gasteiger partial charge in [0.15, 0.2) is 0 Å². The van der Waals surface area contributed by atoms with Crippen molar-refractivity contribution >= 4 is 34.8 Å². The second kappa shape index (κ2) is 3.77. The van der Waals surface area contributed by atoms with Crippen LogP contribution in [0.4, 0.5) is 5.95 Å². The first-order valence-corrected chi connectivity index (χ1v) is 4.87. The molecule has 0 spiro atoms. The van der Waals surface area contributed by atoms with Gasteiger partial charge in [0.05, 0.1) is 9.21 Å². The van der Waals surface area contributed by atoms with Crippen LogP contribution in [0.1, 0.15) is 9.67 Å². The highest BCUT2D eigenvalue weighted by atomic mass is 35.5. The fraction of sp³-hybridized carbons (Fsp3) is 0. The number of amides is 1. The molecule has 2 N–H and O–H groups in total. The van der Waals surface area contributed by atoms with Crippen LogP contribution in [0.2, 0.25) is 4.34 Å². The van der Waals surface area contributed by atoms with Crippen LogP contribution in [-0.4, -0.2) is 21.1 Å². The smallest absolute Gasteiger partial charge is 0.268 e. The number of nitrogens with one attached hydrogen (secondary N) is 2. The van der Waals surface area contributed by atoms with Gasteiger partial charge in [0, 0.05) is 0 Å². The molecule has 0 aliphatic carbocycles. The van der Waals surface area contributed by atoms with E-state index in [4.69, 9.17) is 11.6 Å². The normalized spacial score (nSPS) is 10.1. The van der Waals surface area contributed by atoms with Gasteiger partial charge in [-0.1, -0.05) is 11.6 Å². The number of nitrogens with zero attached hydrogens (tertiary/aromatic N) is 2. The summed E-state index contributed by atoms with van der Waals surface area (Å²) in [5.41, 5.74) is 0. The summed E-state index contributed by atoms with van der Waals surface area (Å²) in [6, 6.07) is 3.32. The molecule has 72 valence electrons.